The van der Waals surface area contributed by atoms with Crippen molar-refractivity contribution < 1.29 is 9.90 Å². The Bertz CT molecular complexity index is 223. The molecule has 0 bridgehead atoms. The Morgan fingerprint density at radius 3 is 2.88 bits per heavy atom. The predicted octanol–water partition coefficient (Wildman–Crippen LogP) is 0.138. The number of carbonyl (C=O) groups is 1. The fraction of sp³-hybridized carbons (Fsp3) is 0.909. The van der Waals surface area contributed by atoms with Crippen LogP contribution in [0.2, 0.25) is 0 Å². The molecular formula is C11H23N3O2. The number of piperidine rings is 1. The van der Waals surface area contributed by atoms with Gasteiger partial charge in [0.05, 0.1) is 0 Å². The van der Waals surface area contributed by atoms with Crippen molar-refractivity contribution >= 4 is 6.03 Å². The van der Waals surface area contributed by atoms with Gasteiger partial charge < -0.3 is 21.1 Å². The lowest BCUT2D eigenvalue weighted by atomic mass is 9.90. The molecule has 0 aliphatic carbocycles. The first-order valence-electron chi connectivity index (χ1n) is 6.06. The zero-order chi connectivity index (χ0) is 12.0. The number of aliphatic hydroxyl groups is 1. The monoisotopic (exact) mass is 229 g/mol. The van der Waals surface area contributed by atoms with Gasteiger partial charge in [-0.2, -0.15) is 0 Å². The van der Waals surface area contributed by atoms with Crippen molar-refractivity contribution in [2.75, 3.05) is 26.2 Å². The Morgan fingerprint density at radius 1 is 1.56 bits per heavy atom. The van der Waals surface area contributed by atoms with E-state index in [4.69, 9.17) is 10.8 Å². The summed E-state index contributed by atoms with van der Waals surface area (Å²) in [6, 6.07) is 0.00606. The van der Waals surface area contributed by atoms with Crippen molar-refractivity contribution in [3.05, 3.63) is 0 Å². The van der Waals surface area contributed by atoms with Crippen LogP contribution in [-0.4, -0.2) is 48.3 Å². The van der Waals surface area contributed by atoms with Crippen LogP contribution in [0.15, 0.2) is 0 Å². The first kappa shape index (κ1) is 13.3. The van der Waals surface area contributed by atoms with Crippen LogP contribution < -0.4 is 11.1 Å². The molecule has 0 aromatic carbocycles. The number of carbonyl (C=O) groups excluding carboxylic acids is 1. The molecule has 5 heteroatoms. The molecule has 16 heavy (non-hydrogen) atoms. The fourth-order valence-electron chi connectivity index (χ4n) is 2.41. The van der Waals surface area contributed by atoms with E-state index in [0.717, 1.165) is 32.4 Å². The minimum atomic E-state index is -0.336. The molecule has 0 spiro atoms. The van der Waals surface area contributed by atoms with Gasteiger partial charge in [-0.1, -0.05) is 6.92 Å². The summed E-state index contributed by atoms with van der Waals surface area (Å²) >= 11 is 0. The third-order valence-corrected chi connectivity index (χ3v) is 3.11. The van der Waals surface area contributed by atoms with Crippen molar-refractivity contribution in [1.82, 2.24) is 10.2 Å². The highest BCUT2D eigenvalue weighted by molar-refractivity contribution is 5.72. The average Bonchev–Trinajstić information content (AvgIpc) is 2.26. The second kappa shape index (κ2) is 6.70. The SMILES string of the molecule is CCNC1CC(CCCO)CN(C(N)=O)C1. The van der Waals surface area contributed by atoms with Crippen molar-refractivity contribution in [2.45, 2.75) is 32.2 Å². The Balaban J connectivity index is 2.48. The first-order chi connectivity index (χ1) is 7.67. The van der Waals surface area contributed by atoms with E-state index in [-0.39, 0.29) is 12.6 Å². The maximum atomic E-state index is 11.2. The number of primary amides is 1. The van der Waals surface area contributed by atoms with Crippen molar-refractivity contribution in [3.8, 4) is 0 Å². The molecule has 2 amide bonds. The fourth-order valence-corrected chi connectivity index (χ4v) is 2.41. The zero-order valence-electron chi connectivity index (χ0n) is 9.98. The molecule has 0 saturated carbocycles. The number of aliphatic hydroxyl groups excluding tert-OH is 1. The zero-order valence-corrected chi connectivity index (χ0v) is 9.98. The van der Waals surface area contributed by atoms with Crippen LogP contribution in [0.4, 0.5) is 4.79 Å². The lowest BCUT2D eigenvalue weighted by Gasteiger charge is -2.37. The average molecular weight is 229 g/mol. The number of hydrogen-bond acceptors (Lipinski definition) is 3. The molecule has 1 heterocycles. The Hall–Kier alpha value is -0.810. The van der Waals surface area contributed by atoms with E-state index in [1.165, 1.54) is 0 Å². The Morgan fingerprint density at radius 2 is 2.31 bits per heavy atom. The van der Waals surface area contributed by atoms with Gasteiger partial charge in [-0.15, -0.1) is 0 Å². The summed E-state index contributed by atoms with van der Waals surface area (Å²) in [4.78, 5) is 12.9. The molecule has 1 aliphatic heterocycles. The lowest BCUT2D eigenvalue weighted by molar-refractivity contribution is 0.144. The number of nitrogens with two attached hydrogens (primary N) is 1. The van der Waals surface area contributed by atoms with Crippen molar-refractivity contribution in [1.29, 1.82) is 0 Å². The van der Waals surface area contributed by atoms with Gasteiger partial charge in [-0.25, -0.2) is 4.79 Å². The van der Waals surface area contributed by atoms with Crippen LogP contribution in [0, 0.1) is 5.92 Å². The summed E-state index contributed by atoms with van der Waals surface area (Å²) in [5.41, 5.74) is 5.33. The molecule has 94 valence electrons. The summed E-state index contributed by atoms with van der Waals surface area (Å²) < 4.78 is 0. The highest BCUT2D eigenvalue weighted by atomic mass is 16.2. The Kier molecular flexibility index (Phi) is 5.55. The number of hydrogen-bond donors (Lipinski definition) is 3. The number of urea groups is 1. The van der Waals surface area contributed by atoms with Gasteiger partial charge in [0, 0.05) is 25.7 Å². The van der Waals surface area contributed by atoms with E-state index in [0.29, 0.717) is 18.5 Å². The van der Waals surface area contributed by atoms with E-state index in [2.05, 4.69) is 12.2 Å². The molecular weight excluding hydrogens is 206 g/mol. The third kappa shape index (κ3) is 3.98. The minimum absolute atomic E-state index is 0.221. The predicted molar refractivity (Wildman–Crippen MR) is 63.0 cm³/mol. The molecule has 0 aromatic rings. The van der Waals surface area contributed by atoms with Crippen LogP contribution in [0.1, 0.15) is 26.2 Å². The Labute approximate surface area is 97.0 Å². The number of amides is 2. The highest BCUT2D eigenvalue weighted by Crippen LogP contribution is 2.21. The second-order valence-corrected chi connectivity index (χ2v) is 4.47. The van der Waals surface area contributed by atoms with Gasteiger partial charge >= 0.3 is 6.03 Å². The third-order valence-electron chi connectivity index (χ3n) is 3.11. The van der Waals surface area contributed by atoms with Gasteiger partial charge in [0.15, 0.2) is 0 Å². The van der Waals surface area contributed by atoms with Crippen LogP contribution in [0.5, 0.6) is 0 Å². The summed E-state index contributed by atoms with van der Waals surface area (Å²) in [6.45, 7) is 4.63. The number of likely N-dealkylation sites (N-methyl/N-ethyl adjacent to an activating group) is 1. The molecule has 5 nitrogen and oxygen atoms in total. The largest absolute Gasteiger partial charge is 0.396 e. The molecule has 1 fully saturated rings. The minimum Gasteiger partial charge on any atom is -0.396 e. The number of nitrogens with one attached hydrogen (secondary N) is 1. The van der Waals surface area contributed by atoms with E-state index in [1.54, 1.807) is 4.90 Å². The molecule has 2 atom stereocenters. The molecule has 2 unspecified atom stereocenters. The molecule has 1 rings (SSSR count). The molecule has 1 saturated heterocycles. The standard InChI is InChI=1S/C11H23N3O2/c1-2-13-10-6-9(4-3-5-15)7-14(8-10)11(12)16/h9-10,13,15H,2-8H2,1H3,(H2,12,16). The first-order valence-corrected chi connectivity index (χ1v) is 6.06. The van der Waals surface area contributed by atoms with Gasteiger partial charge in [0.1, 0.15) is 0 Å². The summed E-state index contributed by atoms with van der Waals surface area (Å²) in [5.74, 6) is 0.456. The highest BCUT2D eigenvalue weighted by Gasteiger charge is 2.27. The van der Waals surface area contributed by atoms with E-state index < -0.39 is 0 Å². The second-order valence-electron chi connectivity index (χ2n) is 4.47. The van der Waals surface area contributed by atoms with E-state index >= 15 is 0 Å². The van der Waals surface area contributed by atoms with Gasteiger partial charge in [0.25, 0.3) is 0 Å². The molecule has 4 N–H and O–H groups in total. The molecule has 1 aliphatic rings. The van der Waals surface area contributed by atoms with Gasteiger partial charge in [-0.05, 0) is 31.7 Å². The van der Waals surface area contributed by atoms with Crippen molar-refractivity contribution in [3.63, 3.8) is 0 Å². The molecule has 0 radical (unpaired) electrons. The van der Waals surface area contributed by atoms with Crippen LogP contribution in [0.25, 0.3) is 0 Å². The maximum Gasteiger partial charge on any atom is 0.314 e. The van der Waals surface area contributed by atoms with Crippen LogP contribution >= 0.6 is 0 Å². The number of nitrogens with zero attached hydrogens (tertiary/aromatic N) is 1. The van der Waals surface area contributed by atoms with Gasteiger partial charge in [0.2, 0.25) is 0 Å². The van der Waals surface area contributed by atoms with E-state index in [9.17, 15) is 4.79 Å². The quantitative estimate of drug-likeness (QED) is 0.627. The maximum absolute atomic E-state index is 11.2. The smallest absolute Gasteiger partial charge is 0.314 e. The normalized spacial score (nSPS) is 25.8. The number of likely N-dealkylation sites (tertiary alicyclic amines) is 1. The van der Waals surface area contributed by atoms with Crippen molar-refractivity contribution in [2.24, 2.45) is 11.7 Å². The van der Waals surface area contributed by atoms with E-state index in [1.807, 2.05) is 0 Å². The summed E-state index contributed by atoms with van der Waals surface area (Å²) in [6.07, 6.45) is 2.83. The summed E-state index contributed by atoms with van der Waals surface area (Å²) in [7, 11) is 0. The number of rotatable bonds is 5. The lowest BCUT2D eigenvalue weighted by Crippen LogP contribution is -2.52. The van der Waals surface area contributed by atoms with Crippen LogP contribution in [-0.2, 0) is 0 Å². The molecule has 0 aromatic heterocycles. The van der Waals surface area contributed by atoms with Gasteiger partial charge in [-0.3, -0.25) is 0 Å². The summed E-state index contributed by atoms with van der Waals surface area (Å²) in [5, 5.41) is 12.2. The van der Waals surface area contributed by atoms with Crippen LogP contribution in [0.3, 0.4) is 0 Å². The topological polar surface area (TPSA) is 78.6 Å².